The topological polar surface area (TPSA) is 97.4 Å². The SMILES string of the molecule is CCCO[C@@H]1CC[C@H](C(=O)NCc2cscn2)C[C@H]1NS(C)(=O)=O. The Labute approximate surface area is 147 Å². The molecular formula is C15H25N3O4S2. The largest absolute Gasteiger partial charge is 0.377 e. The lowest BCUT2D eigenvalue weighted by Crippen LogP contribution is -2.50. The molecular weight excluding hydrogens is 350 g/mol. The minimum atomic E-state index is -3.35. The lowest BCUT2D eigenvalue weighted by molar-refractivity contribution is -0.127. The molecule has 2 N–H and O–H groups in total. The summed E-state index contributed by atoms with van der Waals surface area (Å²) >= 11 is 1.49. The summed E-state index contributed by atoms with van der Waals surface area (Å²) in [6.07, 6.45) is 3.64. The van der Waals surface area contributed by atoms with Crippen molar-refractivity contribution in [3.05, 3.63) is 16.6 Å². The predicted octanol–water partition coefficient (Wildman–Crippen LogP) is 1.27. The highest BCUT2D eigenvalue weighted by atomic mass is 32.2. The number of nitrogens with one attached hydrogen (secondary N) is 2. The van der Waals surface area contributed by atoms with Crippen LogP contribution < -0.4 is 10.0 Å². The van der Waals surface area contributed by atoms with Crippen LogP contribution in [0, 0.1) is 5.92 Å². The van der Waals surface area contributed by atoms with Gasteiger partial charge in [0.25, 0.3) is 0 Å². The fourth-order valence-electron chi connectivity index (χ4n) is 2.90. The Balaban J connectivity index is 1.93. The summed E-state index contributed by atoms with van der Waals surface area (Å²) in [5, 5.41) is 4.78. The fraction of sp³-hybridized carbons (Fsp3) is 0.733. The Morgan fingerprint density at radius 1 is 1.46 bits per heavy atom. The molecule has 0 aromatic carbocycles. The molecule has 1 saturated carbocycles. The maximum absolute atomic E-state index is 12.4. The number of nitrogens with zero attached hydrogens (tertiary/aromatic N) is 1. The van der Waals surface area contributed by atoms with Gasteiger partial charge in [0.1, 0.15) is 0 Å². The highest BCUT2D eigenvalue weighted by molar-refractivity contribution is 7.88. The lowest BCUT2D eigenvalue weighted by atomic mass is 9.83. The quantitative estimate of drug-likeness (QED) is 0.713. The molecule has 2 rings (SSSR count). The van der Waals surface area contributed by atoms with Crippen LogP contribution in [0.3, 0.4) is 0 Å². The van der Waals surface area contributed by atoms with E-state index in [1.807, 2.05) is 12.3 Å². The number of thiazole rings is 1. The van der Waals surface area contributed by atoms with Gasteiger partial charge in [0, 0.05) is 23.9 Å². The minimum Gasteiger partial charge on any atom is -0.377 e. The molecule has 1 heterocycles. The second-order valence-corrected chi connectivity index (χ2v) is 8.61. The number of carbonyl (C=O) groups excluding carboxylic acids is 1. The number of rotatable bonds is 8. The van der Waals surface area contributed by atoms with Crippen molar-refractivity contribution in [2.24, 2.45) is 5.92 Å². The zero-order valence-electron chi connectivity index (χ0n) is 14.0. The molecule has 0 saturated heterocycles. The van der Waals surface area contributed by atoms with Crippen LogP contribution in [-0.4, -0.2) is 44.3 Å². The van der Waals surface area contributed by atoms with E-state index in [1.54, 1.807) is 5.51 Å². The Bertz CT molecular complexity index is 619. The lowest BCUT2D eigenvalue weighted by Gasteiger charge is -2.35. The van der Waals surface area contributed by atoms with Gasteiger partial charge in [0.2, 0.25) is 15.9 Å². The van der Waals surface area contributed by atoms with Crippen LogP contribution in [0.4, 0.5) is 0 Å². The summed E-state index contributed by atoms with van der Waals surface area (Å²) in [7, 11) is -3.35. The molecule has 1 aromatic heterocycles. The number of aromatic nitrogens is 1. The summed E-state index contributed by atoms with van der Waals surface area (Å²) < 4.78 is 31.6. The standard InChI is InChI=1S/C15H25N3O4S2/c1-3-6-22-14-5-4-11(7-13(14)18-24(2,20)21)15(19)16-8-12-9-23-10-17-12/h9-11,13-14,18H,3-8H2,1-2H3,(H,16,19)/t11-,13+,14+/m0/s1. The van der Waals surface area contributed by atoms with E-state index in [1.165, 1.54) is 11.3 Å². The van der Waals surface area contributed by atoms with Crippen molar-refractivity contribution in [3.63, 3.8) is 0 Å². The molecule has 1 amide bonds. The first-order valence-electron chi connectivity index (χ1n) is 8.12. The van der Waals surface area contributed by atoms with Gasteiger partial charge in [-0.1, -0.05) is 6.92 Å². The molecule has 7 nitrogen and oxygen atoms in total. The summed E-state index contributed by atoms with van der Waals surface area (Å²) in [4.78, 5) is 16.5. The van der Waals surface area contributed by atoms with Gasteiger partial charge < -0.3 is 10.1 Å². The van der Waals surface area contributed by atoms with Crippen molar-refractivity contribution in [2.45, 2.75) is 51.3 Å². The van der Waals surface area contributed by atoms with Gasteiger partial charge in [-0.15, -0.1) is 11.3 Å². The maximum atomic E-state index is 12.4. The zero-order valence-corrected chi connectivity index (χ0v) is 15.7. The fourth-order valence-corrected chi connectivity index (χ4v) is 4.25. The van der Waals surface area contributed by atoms with E-state index in [4.69, 9.17) is 4.74 Å². The van der Waals surface area contributed by atoms with Crippen molar-refractivity contribution in [3.8, 4) is 0 Å². The number of ether oxygens (including phenoxy) is 1. The average molecular weight is 376 g/mol. The molecule has 0 spiro atoms. The van der Waals surface area contributed by atoms with E-state index < -0.39 is 10.0 Å². The number of carbonyl (C=O) groups is 1. The van der Waals surface area contributed by atoms with Crippen LogP contribution >= 0.6 is 11.3 Å². The van der Waals surface area contributed by atoms with E-state index in [2.05, 4.69) is 15.0 Å². The first kappa shape index (κ1) is 19.3. The summed E-state index contributed by atoms with van der Waals surface area (Å²) in [6.45, 7) is 3.00. The molecule has 136 valence electrons. The first-order valence-corrected chi connectivity index (χ1v) is 11.0. The predicted molar refractivity (Wildman–Crippen MR) is 93.1 cm³/mol. The van der Waals surface area contributed by atoms with Crippen LogP contribution in [-0.2, 0) is 26.1 Å². The molecule has 1 fully saturated rings. The van der Waals surface area contributed by atoms with E-state index in [0.717, 1.165) is 18.4 Å². The number of amides is 1. The van der Waals surface area contributed by atoms with Crippen LogP contribution in [0.1, 0.15) is 38.3 Å². The molecule has 1 aromatic rings. The summed E-state index contributed by atoms with van der Waals surface area (Å²) in [5.41, 5.74) is 2.56. The highest BCUT2D eigenvalue weighted by Crippen LogP contribution is 2.27. The summed E-state index contributed by atoms with van der Waals surface area (Å²) in [5.74, 6) is -0.276. The van der Waals surface area contributed by atoms with E-state index in [0.29, 0.717) is 32.4 Å². The molecule has 0 radical (unpaired) electrons. The van der Waals surface area contributed by atoms with Crippen LogP contribution in [0.5, 0.6) is 0 Å². The van der Waals surface area contributed by atoms with Gasteiger partial charge >= 0.3 is 0 Å². The number of hydrogen-bond acceptors (Lipinski definition) is 6. The Morgan fingerprint density at radius 3 is 2.88 bits per heavy atom. The van der Waals surface area contributed by atoms with Gasteiger partial charge in [-0.25, -0.2) is 18.1 Å². The van der Waals surface area contributed by atoms with Crippen molar-refractivity contribution < 1.29 is 17.9 Å². The van der Waals surface area contributed by atoms with E-state index >= 15 is 0 Å². The van der Waals surface area contributed by atoms with Gasteiger partial charge in [0.05, 0.1) is 30.1 Å². The monoisotopic (exact) mass is 375 g/mol. The number of hydrogen-bond donors (Lipinski definition) is 2. The van der Waals surface area contributed by atoms with Gasteiger partial charge in [-0.3, -0.25) is 4.79 Å². The zero-order chi connectivity index (χ0) is 17.6. The van der Waals surface area contributed by atoms with Crippen LogP contribution in [0.15, 0.2) is 10.9 Å². The highest BCUT2D eigenvalue weighted by Gasteiger charge is 2.35. The van der Waals surface area contributed by atoms with Gasteiger partial charge in [-0.2, -0.15) is 0 Å². The Kier molecular flexibility index (Phi) is 7.15. The average Bonchev–Trinajstić information content (AvgIpc) is 3.03. The molecule has 0 bridgehead atoms. The molecule has 0 aliphatic heterocycles. The van der Waals surface area contributed by atoms with Crippen molar-refractivity contribution in [1.82, 2.24) is 15.0 Å². The normalized spacial score (nSPS) is 24.7. The van der Waals surface area contributed by atoms with Gasteiger partial charge in [0.15, 0.2) is 0 Å². The first-order chi connectivity index (χ1) is 11.4. The Hall–Kier alpha value is -1.03. The van der Waals surface area contributed by atoms with Crippen molar-refractivity contribution in [1.29, 1.82) is 0 Å². The van der Waals surface area contributed by atoms with Crippen molar-refractivity contribution >= 4 is 27.3 Å². The third kappa shape index (κ3) is 6.12. The number of sulfonamides is 1. The molecule has 9 heteroatoms. The second kappa shape index (κ2) is 8.89. The van der Waals surface area contributed by atoms with Crippen LogP contribution in [0.2, 0.25) is 0 Å². The summed E-state index contributed by atoms with van der Waals surface area (Å²) in [6, 6.07) is -0.365. The Morgan fingerprint density at radius 2 is 2.25 bits per heavy atom. The maximum Gasteiger partial charge on any atom is 0.223 e. The molecule has 3 atom stereocenters. The molecule has 1 aliphatic rings. The third-order valence-electron chi connectivity index (χ3n) is 3.99. The smallest absolute Gasteiger partial charge is 0.223 e. The van der Waals surface area contributed by atoms with Crippen LogP contribution in [0.25, 0.3) is 0 Å². The van der Waals surface area contributed by atoms with E-state index in [-0.39, 0.29) is 24.0 Å². The molecule has 24 heavy (non-hydrogen) atoms. The van der Waals surface area contributed by atoms with Gasteiger partial charge in [-0.05, 0) is 25.7 Å². The molecule has 1 aliphatic carbocycles. The van der Waals surface area contributed by atoms with Crippen molar-refractivity contribution in [2.75, 3.05) is 12.9 Å². The molecule has 0 unspecified atom stereocenters. The van der Waals surface area contributed by atoms with E-state index in [9.17, 15) is 13.2 Å². The minimum absolute atomic E-state index is 0.0581. The third-order valence-corrected chi connectivity index (χ3v) is 5.35. The second-order valence-electron chi connectivity index (χ2n) is 6.11.